The fraction of sp³-hybridized carbons (Fsp3) is 0.400. The van der Waals surface area contributed by atoms with Crippen LogP contribution in [0.5, 0.6) is 0 Å². The average Bonchev–Trinajstić information content (AvgIpc) is 2.19. The van der Waals surface area contributed by atoms with Crippen molar-refractivity contribution in [3.63, 3.8) is 0 Å². The summed E-state index contributed by atoms with van der Waals surface area (Å²) < 4.78 is 4.79. The van der Waals surface area contributed by atoms with E-state index in [0.29, 0.717) is 12.3 Å². The summed E-state index contributed by atoms with van der Waals surface area (Å²) in [5, 5.41) is 0. The van der Waals surface area contributed by atoms with Gasteiger partial charge in [0.2, 0.25) is 0 Å². The average molecular weight is 194 g/mol. The van der Waals surface area contributed by atoms with Crippen molar-refractivity contribution in [3.8, 4) is 0 Å². The standard InChI is InChI=1S/C10H14N2O2/c1-2-14-10(13)7-8(11)9-5-3-4-6-12-9/h3-6,8H,2,7,11H2,1H3. The topological polar surface area (TPSA) is 65.2 Å². The van der Waals surface area contributed by atoms with Crippen molar-refractivity contribution < 1.29 is 9.53 Å². The number of hydrogen-bond acceptors (Lipinski definition) is 4. The quantitative estimate of drug-likeness (QED) is 0.727. The molecule has 0 spiro atoms. The molecule has 0 bridgehead atoms. The van der Waals surface area contributed by atoms with Crippen molar-refractivity contribution in [1.82, 2.24) is 4.98 Å². The largest absolute Gasteiger partial charge is 0.466 e. The molecule has 0 aliphatic heterocycles. The number of nitrogens with two attached hydrogens (primary N) is 1. The molecule has 14 heavy (non-hydrogen) atoms. The molecule has 1 aromatic rings. The van der Waals surface area contributed by atoms with Gasteiger partial charge in [-0.3, -0.25) is 9.78 Å². The van der Waals surface area contributed by atoms with Crippen LogP contribution >= 0.6 is 0 Å². The molecule has 1 atom stereocenters. The highest BCUT2D eigenvalue weighted by atomic mass is 16.5. The molecular formula is C10H14N2O2. The van der Waals surface area contributed by atoms with Gasteiger partial charge in [-0.25, -0.2) is 0 Å². The molecular weight excluding hydrogens is 180 g/mol. The molecule has 0 fully saturated rings. The molecule has 0 amide bonds. The molecule has 76 valence electrons. The van der Waals surface area contributed by atoms with E-state index in [1.807, 2.05) is 6.07 Å². The summed E-state index contributed by atoms with van der Waals surface area (Å²) in [5.74, 6) is -0.286. The summed E-state index contributed by atoms with van der Waals surface area (Å²) in [6, 6.07) is 5.06. The van der Waals surface area contributed by atoms with E-state index in [2.05, 4.69) is 4.98 Å². The van der Waals surface area contributed by atoms with Gasteiger partial charge in [-0.2, -0.15) is 0 Å². The Morgan fingerprint density at radius 2 is 2.43 bits per heavy atom. The van der Waals surface area contributed by atoms with E-state index in [1.54, 1.807) is 25.3 Å². The Bertz CT molecular complexity index is 287. The predicted octanol–water partition coefficient (Wildman–Crippen LogP) is 1.03. The highest BCUT2D eigenvalue weighted by Crippen LogP contribution is 2.10. The van der Waals surface area contributed by atoms with Crippen molar-refractivity contribution in [2.24, 2.45) is 5.73 Å². The molecule has 4 nitrogen and oxygen atoms in total. The third kappa shape index (κ3) is 3.14. The number of esters is 1. The van der Waals surface area contributed by atoms with E-state index in [9.17, 15) is 4.79 Å². The second-order valence-corrected chi connectivity index (χ2v) is 2.87. The van der Waals surface area contributed by atoms with Gasteiger partial charge in [0, 0.05) is 6.20 Å². The van der Waals surface area contributed by atoms with Crippen molar-refractivity contribution in [3.05, 3.63) is 30.1 Å². The monoisotopic (exact) mass is 194 g/mol. The second kappa shape index (κ2) is 5.34. The first kappa shape index (κ1) is 10.7. The number of aromatic nitrogens is 1. The van der Waals surface area contributed by atoms with Crippen molar-refractivity contribution in [1.29, 1.82) is 0 Å². The van der Waals surface area contributed by atoms with E-state index in [4.69, 9.17) is 10.5 Å². The summed E-state index contributed by atoms with van der Waals surface area (Å²) in [4.78, 5) is 15.2. The number of carbonyl (C=O) groups excluding carboxylic acids is 1. The first-order valence-electron chi connectivity index (χ1n) is 4.56. The maximum absolute atomic E-state index is 11.1. The van der Waals surface area contributed by atoms with Crippen LogP contribution < -0.4 is 5.73 Å². The van der Waals surface area contributed by atoms with Crippen LogP contribution in [0.1, 0.15) is 25.1 Å². The Labute approximate surface area is 83.1 Å². The number of pyridine rings is 1. The van der Waals surface area contributed by atoms with Crippen LogP contribution in [0.15, 0.2) is 24.4 Å². The Morgan fingerprint density at radius 3 is 3.00 bits per heavy atom. The van der Waals surface area contributed by atoms with Crippen LogP contribution in [0.25, 0.3) is 0 Å². The fourth-order valence-corrected chi connectivity index (χ4v) is 1.10. The minimum absolute atomic E-state index is 0.171. The molecule has 0 aliphatic rings. The van der Waals surface area contributed by atoms with E-state index < -0.39 is 0 Å². The van der Waals surface area contributed by atoms with Gasteiger partial charge in [0.1, 0.15) is 0 Å². The molecule has 0 radical (unpaired) electrons. The number of nitrogens with zero attached hydrogens (tertiary/aromatic N) is 1. The van der Waals surface area contributed by atoms with Crippen LogP contribution in [-0.4, -0.2) is 17.6 Å². The lowest BCUT2D eigenvalue weighted by Gasteiger charge is -2.09. The molecule has 0 aromatic carbocycles. The zero-order chi connectivity index (χ0) is 10.4. The molecule has 0 aliphatic carbocycles. The van der Waals surface area contributed by atoms with Gasteiger partial charge in [-0.1, -0.05) is 6.07 Å². The minimum atomic E-state index is -0.379. The lowest BCUT2D eigenvalue weighted by atomic mass is 10.1. The van der Waals surface area contributed by atoms with Gasteiger partial charge in [0.05, 0.1) is 24.8 Å². The second-order valence-electron chi connectivity index (χ2n) is 2.87. The Balaban J connectivity index is 2.50. The van der Waals surface area contributed by atoms with Crippen LogP contribution in [0.4, 0.5) is 0 Å². The number of rotatable bonds is 4. The molecule has 0 saturated heterocycles. The van der Waals surface area contributed by atoms with Crippen LogP contribution in [0, 0.1) is 0 Å². The molecule has 2 N–H and O–H groups in total. The predicted molar refractivity (Wildman–Crippen MR) is 52.4 cm³/mol. The third-order valence-corrected chi connectivity index (χ3v) is 1.76. The van der Waals surface area contributed by atoms with Gasteiger partial charge < -0.3 is 10.5 Å². The van der Waals surface area contributed by atoms with Gasteiger partial charge in [0.15, 0.2) is 0 Å². The zero-order valence-corrected chi connectivity index (χ0v) is 8.14. The van der Waals surface area contributed by atoms with Gasteiger partial charge in [-0.05, 0) is 19.1 Å². The van der Waals surface area contributed by atoms with Gasteiger partial charge in [0.25, 0.3) is 0 Å². The fourth-order valence-electron chi connectivity index (χ4n) is 1.10. The Kier molecular flexibility index (Phi) is 4.07. The van der Waals surface area contributed by atoms with Crippen LogP contribution in [0.3, 0.4) is 0 Å². The van der Waals surface area contributed by atoms with Crippen molar-refractivity contribution >= 4 is 5.97 Å². The van der Waals surface area contributed by atoms with Gasteiger partial charge in [-0.15, -0.1) is 0 Å². The molecule has 1 aromatic heterocycles. The zero-order valence-electron chi connectivity index (χ0n) is 8.14. The Hall–Kier alpha value is -1.42. The molecule has 4 heteroatoms. The number of carbonyl (C=O) groups is 1. The maximum Gasteiger partial charge on any atom is 0.307 e. The minimum Gasteiger partial charge on any atom is -0.466 e. The van der Waals surface area contributed by atoms with E-state index in [1.165, 1.54) is 0 Å². The van der Waals surface area contributed by atoms with Crippen molar-refractivity contribution in [2.75, 3.05) is 6.61 Å². The van der Waals surface area contributed by atoms with Crippen molar-refractivity contribution in [2.45, 2.75) is 19.4 Å². The molecule has 1 unspecified atom stereocenters. The summed E-state index contributed by atoms with van der Waals surface area (Å²) in [6.07, 6.45) is 1.82. The Morgan fingerprint density at radius 1 is 1.64 bits per heavy atom. The van der Waals surface area contributed by atoms with E-state index >= 15 is 0 Å². The van der Waals surface area contributed by atoms with E-state index in [-0.39, 0.29) is 18.4 Å². The SMILES string of the molecule is CCOC(=O)CC(N)c1ccccn1. The third-order valence-electron chi connectivity index (χ3n) is 1.76. The van der Waals surface area contributed by atoms with Crippen LogP contribution in [0.2, 0.25) is 0 Å². The highest BCUT2D eigenvalue weighted by molar-refractivity contribution is 5.70. The van der Waals surface area contributed by atoms with E-state index in [0.717, 1.165) is 0 Å². The first-order valence-corrected chi connectivity index (χ1v) is 4.56. The molecule has 1 heterocycles. The lowest BCUT2D eigenvalue weighted by Crippen LogP contribution is -2.18. The number of ether oxygens (including phenoxy) is 1. The highest BCUT2D eigenvalue weighted by Gasteiger charge is 2.12. The summed E-state index contributed by atoms with van der Waals surface area (Å²) in [5.41, 5.74) is 6.47. The number of hydrogen-bond donors (Lipinski definition) is 1. The molecule has 1 rings (SSSR count). The molecule has 0 saturated carbocycles. The smallest absolute Gasteiger partial charge is 0.307 e. The normalized spacial score (nSPS) is 12.1. The first-order chi connectivity index (χ1) is 6.74. The summed E-state index contributed by atoms with van der Waals surface area (Å²) >= 11 is 0. The van der Waals surface area contributed by atoms with Gasteiger partial charge >= 0.3 is 5.97 Å². The lowest BCUT2D eigenvalue weighted by molar-refractivity contribution is -0.143. The summed E-state index contributed by atoms with van der Waals surface area (Å²) in [7, 11) is 0. The summed E-state index contributed by atoms with van der Waals surface area (Å²) in [6.45, 7) is 2.15. The maximum atomic E-state index is 11.1. The van der Waals surface area contributed by atoms with Crippen LogP contribution in [-0.2, 0) is 9.53 Å².